The zero-order chi connectivity index (χ0) is 18.0. The van der Waals surface area contributed by atoms with Gasteiger partial charge in [0.05, 0.1) is 29.5 Å². The first-order chi connectivity index (χ1) is 12.0. The molecule has 1 aliphatic heterocycles. The van der Waals surface area contributed by atoms with Crippen LogP contribution in [0.15, 0.2) is 36.4 Å². The predicted octanol–water partition coefficient (Wildman–Crippen LogP) is 3.21. The average Bonchev–Trinajstić information content (AvgIpc) is 2.61. The highest BCUT2D eigenvalue weighted by atomic mass is 19.1. The van der Waals surface area contributed by atoms with Gasteiger partial charge in [-0.3, -0.25) is 10.1 Å². The van der Waals surface area contributed by atoms with Gasteiger partial charge in [-0.15, -0.1) is 0 Å². The van der Waals surface area contributed by atoms with E-state index < -0.39 is 10.7 Å². The second-order valence-corrected chi connectivity index (χ2v) is 5.68. The van der Waals surface area contributed by atoms with E-state index in [1.54, 1.807) is 6.07 Å². The highest BCUT2D eigenvalue weighted by molar-refractivity contribution is 5.60. The van der Waals surface area contributed by atoms with Crippen molar-refractivity contribution in [1.29, 1.82) is 0 Å². The molecule has 0 saturated carbocycles. The summed E-state index contributed by atoms with van der Waals surface area (Å²) < 4.78 is 32.7. The Balaban J connectivity index is 1.73. The molecule has 1 fully saturated rings. The number of nitro benzene ring substituents is 1. The summed E-state index contributed by atoms with van der Waals surface area (Å²) in [7, 11) is 1.49. The number of hydrogen-bond donors (Lipinski definition) is 0. The molecule has 0 bridgehead atoms. The second-order valence-electron chi connectivity index (χ2n) is 5.68. The normalized spacial score (nSPS) is 14.5. The Morgan fingerprint density at radius 1 is 1.00 bits per heavy atom. The zero-order valence-electron chi connectivity index (χ0n) is 13.6. The fourth-order valence-corrected chi connectivity index (χ4v) is 2.97. The lowest BCUT2D eigenvalue weighted by Crippen LogP contribution is -2.47. The summed E-state index contributed by atoms with van der Waals surface area (Å²) in [5.74, 6) is -0.524. The summed E-state index contributed by atoms with van der Waals surface area (Å²) in [6.07, 6.45) is 0. The van der Waals surface area contributed by atoms with E-state index in [0.717, 1.165) is 11.8 Å². The van der Waals surface area contributed by atoms with Gasteiger partial charge in [0.25, 0.3) is 5.69 Å². The highest BCUT2D eigenvalue weighted by Gasteiger charge is 2.23. The molecular weight excluding hydrogens is 332 g/mol. The maximum atomic E-state index is 14.2. The lowest BCUT2D eigenvalue weighted by atomic mass is 10.2. The number of methoxy groups -OCH3 is 1. The van der Waals surface area contributed by atoms with Crippen molar-refractivity contribution in [3.63, 3.8) is 0 Å². The highest BCUT2D eigenvalue weighted by Crippen LogP contribution is 2.31. The van der Waals surface area contributed by atoms with Crippen molar-refractivity contribution in [2.24, 2.45) is 0 Å². The van der Waals surface area contributed by atoms with Crippen LogP contribution >= 0.6 is 0 Å². The fourth-order valence-electron chi connectivity index (χ4n) is 2.97. The van der Waals surface area contributed by atoms with Crippen molar-refractivity contribution in [3.8, 4) is 5.75 Å². The number of anilines is 2. The predicted molar refractivity (Wildman–Crippen MR) is 90.4 cm³/mol. The topological polar surface area (TPSA) is 58.8 Å². The summed E-state index contributed by atoms with van der Waals surface area (Å²) in [4.78, 5) is 14.0. The van der Waals surface area contributed by atoms with E-state index in [2.05, 4.69) is 0 Å². The molecule has 0 aliphatic carbocycles. The monoisotopic (exact) mass is 349 g/mol. The van der Waals surface area contributed by atoms with E-state index in [9.17, 15) is 18.9 Å². The molecule has 6 nitrogen and oxygen atoms in total. The molecule has 0 spiro atoms. The number of halogens is 2. The second kappa shape index (κ2) is 6.92. The van der Waals surface area contributed by atoms with Crippen LogP contribution in [0.1, 0.15) is 0 Å². The van der Waals surface area contributed by atoms with E-state index in [1.807, 2.05) is 9.80 Å². The Labute approximate surface area is 143 Å². The van der Waals surface area contributed by atoms with Crippen LogP contribution in [-0.4, -0.2) is 38.2 Å². The Morgan fingerprint density at radius 3 is 2.16 bits per heavy atom. The van der Waals surface area contributed by atoms with Crippen LogP contribution < -0.4 is 14.5 Å². The van der Waals surface area contributed by atoms with Gasteiger partial charge in [0.2, 0.25) is 0 Å². The number of rotatable bonds is 4. The van der Waals surface area contributed by atoms with E-state index in [1.165, 1.54) is 31.4 Å². The van der Waals surface area contributed by atoms with Crippen molar-refractivity contribution in [3.05, 3.63) is 58.1 Å². The molecule has 8 heteroatoms. The molecule has 1 heterocycles. The Morgan fingerprint density at radius 2 is 1.60 bits per heavy atom. The van der Waals surface area contributed by atoms with Crippen LogP contribution in [0.3, 0.4) is 0 Å². The van der Waals surface area contributed by atoms with E-state index in [-0.39, 0.29) is 11.5 Å². The molecule has 1 saturated heterocycles. The van der Waals surface area contributed by atoms with Crippen LogP contribution in [0.5, 0.6) is 5.75 Å². The molecule has 0 unspecified atom stereocenters. The van der Waals surface area contributed by atoms with Gasteiger partial charge < -0.3 is 14.5 Å². The fraction of sp³-hybridized carbons (Fsp3) is 0.294. The van der Waals surface area contributed by atoms with Crippen LogP contribution in [0.4, 0.5) is 25.8 Å². The lowest BCUT2D eigenvalue weighted by molar-refractivity contribution is -0.385. The average molecular weight is 349 g/mol. The van der Waals surface area contributed by atoms with Gasteiger partial charge in [-0.05, 0) is 18.2 Å². The minimum absolute atomic E-state index is 0.268. The number of ether oxygens (including phenoxy) is 1. The molecule has 3 rings (SSSR count). The van der Waals surface area contributed by atoms with Crippen LogP contribution in [0.2, 0.25) is 0 Å². The number of benzene rings is 2. The summed E-state index contributed by atoms with van der Waals surface area (Å²) in [5, 5.41) is 10.7. The van der Waals surface area contributed by atoms with Gasteiger partial charge in [0.1, 0.15) is 11.6 Å². The lowest BCUT2D eigenvalue weighted by Gasteiger charge is -2.37. The largest absolute Gasteiger partial charge is 0.494 e. The molecule has 132 valence electrons. The van der Waals surface area contributed by atoms with Gasteiger partial charge in [-0.25, -0.2) is 8.78 Å². The molecule has 2 aromatic rings. The number of piperazine rings is 1. The SMILES string of the molecule is COc1cc(F)ccc1N1CCN(c2ccc([N+](=O)[O-])cc2F)CC1. The van der Waals surface area contributed by atoms with Crippen LogP contribution in [0.25, 0.3) is 0 Å². The maximum Gasteiger partial charge on any atom is 0.272 e. The molecule has 0 N–H and O–H groups in total. The van der Waals surface area contributed by atoms with Gasteiger partial charge in [0, 0.05) is 38.3 Å². The first-order valence-electron chi connectivity index (χ1n) is 7.77. The Bertz CT molecular complexity index is 793. The molecule has 0 atom stereocenters. The van der Waals surface area contributed by atoms with Crippen LogP contribution in [-0.2, 0) is 0 Å². The van der Waals surface area contributed by atoms with Crippen LogP contribution in [0, 0.1) is 21.7 Å². The first kappa shape index (κ1) is 16.9. The zero-order valence-corrected chi connectivity index (χ0v) is 13.6. The molecule has 0 amide bonds. The van der Waals surface area contributed by atoms with Crippen molar-refractivity contribution in [1.82, 2.24) is 0 Å². The van der Waals surface area contributed by atoms with Crippen molar-refractivity contribution in [2.45, 2.75) is 0 Å². The molecule has 0 radical (unpaired) electrons. The Kier molecular flexibility index (Phi) is 4.69. The standard InChI is InChI=1S/C17H17F2N3O3/c1-25-17-10-12(18)2-4-16(17)21-8-6-20(7-9-21)15-5-3-13(22(23)24)11-14(15)19/h2-5,10-11H,6-9H2,1H3. The first-order valence-corrected chi connectivity index (χ1v) is 7.77. The summed E-state index contributed by atoms with van der Waals surface area (Å²) in [6, 6.07) is 8.04. The third kappa shape index (κ3) is 3.47. The minimum Gasteiger partial charge on any atom is -0.494 e. The molecule has 0 aromatic heterocycles. The quantitative estimate of drug-likeness (QED) is 0.627. The molecule has 25 heavy (non-hydrogen) atoms. The number of nitrogens with zero attached hydrogens (tertiary/aromatic N) is 3. The van der Waals surface area contributed by atoms with Crippen molar-refractivity contribution in [2.75, 3.05) is 43.1 Å². The van der Waals surface area contributed by atoms with Crippen molar-refractivity contribution < 1.29 is 18.4 Å². The van der Waals surface area contributed by atoms with Gasteiger partial charge in [-0.2, -0.15) is 0 Å². The third-order valence-corrected chi connectivity index (χ3v) is 4.24. The molecule has 1 aliphatic rings. The smallest absolute Gasteiger partial charge is 0.272 e. The Hall–Kier alpha value is -2.90. The number of hydrogen-bond acceptors (Lipinski definition) is 5. The summed E-state index contributed by atoms with van der Waals surface area (Å²) >= 11 is 0. The summed E-state index contributed by atoms with van der Waals surface area (Å²) in [6.45, 7) is 2.27. The van der Waals surface area contributed by atoms with E-state index in [4.69, 9.17) is 4.74 Å². The maximum absolute atomic E-state index is 14.2. The van der Waals surface area contributed by atoms with Gasteiger partial charge in [-0.1, -0.05) is 0 Å². The number of nitro groups is 1. The third-order valence-electron chi connectivity index (χ3n) is 4.24. The van der Waals surface area contributed by atoms with E-state index >= 15 is 0 Å². The number of non-ortho nitro benzene ring substituents is 1. The molecular formula is C17H17F2N3O3. The minimum atomic E-state index is -0.619. The summed E-state index contributed by atoms with van der Waals surface area (Å²) in [5.41, 5.74) is 0.861. The molecule has 2 aromatic carbocycles. The van der Waals surface area contributed by atoms with E-state index in [0.29, 0.717) is 37.6 Å². The van der Waals surface area contributed by atoms with Gasteiger partial charge >= 0.3 is 0 Å². The van der Waals surface area contributed by atoms with Gasteiger partial charge in [0.15, 0.2) is 5.82 Å². The van der Waals surface area contributed by atoms with Crippen molar-refractivity contribution >= 4 is 17.1 Å².